The van der Waals surface area contributed by atoms with E-state index in [1.165, 1.54) is 0 Å². The van der Waals surface area contributed by atoms with Gasteiger partial charge >= 0.3 is 0 Å². The standard InChI is InChI=1S/C40H20N6/c41-21-25-10-9-15-31(39(25)45-35-16-5-1-11-27(35)28-12-2-6-17-36(28)45)32-20-26(22-42)33(23-43)40(34(32)24-44)46-37-18-7-3-13-29(37)30-14-4-8-19-38(30)46/h1-20H. The van der Waals surface area contributed by atoms with Gasteiger partial charge in [-0.3, -0.25) is 0 Å². The molecule has 0 bridgehead atoms. The Labute approximate surface area is 263 Å². The summed E-state index contributed by atoms with van der Waals surface area (Å²) in [6.45, 7) is 0. The van der Waals surface area contributed by atoms with Gasteiger partial charge in [0.05, 0.1) is 55.7 Å². The maximum atomic E-state index is 11.0. The van der Waals surface area contributed by atoms with Crippen LogP contribution in [0.2, 0.25) is 0 Å². The van der Waals surface area contributed by atoms with Crippen molar-refractivity contribution in [3.63, 3.8) is 0 Å². The van der Waals surface area contributed by atoms with Crippen LogP contribution in [0.5, 0.6) is 0 Å². The van der Waals surface area contributed by atoms with Crippen molar-refractivity contribution in [1.82, 2.24) is 9.13 Å². The lowest BCUT2D eigenvalue weighted by Gasteiger charge is -2.20. The van der Waals surface area contributed by atoms with E-state index in [0.29, 0.717) is 28.1 Å². The van der Waals surface area contributed by atoms with Crippen molar-refractivity contribution in [2.24, 2.45) is 0 Å². The first-order chi connectivity index (χ1) is 22.7. The van der Waals surface area contributed by atoms with Crippen LogP contribution in [-0.4, -0.2) is 9.13 Å². The molecule has 0 aliphatic heterocycles. The number of aromatic nitrogens is 2. The Hall–Kier alpha value is -7.12. The van der Waals surface area contributed by atoms with E-state index in [9.17, 15) is 21.0 Å². The summed E-state index contributed by atoms with van der Waals surface area (Å²) in [5.41, 5.74) is 6.34. The third-order valence-electron chi connectivity index (χ3n) is 8.70. The average molecular weight is 585 g/mol. The van der Waals surface area contributed by atoms with E-state index < -0.39 is 0 Å². The number of nitriles is 4. The third-order valence-corrected chi connectivity index (χ3v) is 8.70. The number of para-hydroxylation sites is 5. The van der Waals surface area contributed by atoms with Crippen LogP contribution in [0.25, 0.3) is 66.1 Å². The lowest BCUT2D eigenvalue weighted by Crippen LogP contribution is -2.07. The van der Waals surface area contributed by atoms with E-state index in [1.807, 2.05) is 95.6 Å². The van der Waals surface area contributed by atoms with E-state index in [1.54, 1.807) is 18.2 Å². The van der Waals surface area contributed by atoms with Gasteiger partial charge in [-0.15, -0.1) is 0 Å². The molecule has 6 heteroatoms. The SMILES string of the molecule is N#Cc1cc(-c2cccc(C#N)c2-n2c3ccccc3c3ccccc32)c(C#N)c(-n2c3ccccc3c3ccccc32)c1C#N. The Morgan fingerprint density at radius 3 is 1.24 bits per heavy atom. The summed E-state index contributed by atoms with van der Waals surface area (Å²) in [6.07, 6.45) is 0. The van der Waals surface area contributed by atoms with Gasteiger partial charge in [-0.25, -0.2) is 0 Å². The van der Waals surface area contributed by atoms with Crippen molar-refractivity contribution in [1.29, 1.82) is 21.0 Å². The Balaban J connectivity index is 1.57. The quantitative estimate of drug-likeness (QED) is 0.207. The van der Waals surface area contributed by atoms with E-state index in [2.05, 4.69) is 41.0 Å². The van der Waals surface area contributed by atoms with Crippen LogP contribution in [0.1, 0.15) is 22.3 Å². The molecule has 6 aromatic carbocycles. The monoisotopic (exact) mass is 584 g/mol. The van der Waals surface area contributed by atoms with Gasteiger partial charge in [0.15, 0.2) is 0 Å². The normalized spacial score (nSPS) is 11.0. The first-order valence-electron chi connectivity index (χ1n) is 14.6. The van der Waals surface area contributed by atoms with E-state index in [0.717, 1.165) is 43.6 Å². The van der Waals surface area contributed by atoms with E-state index in [-0.39, 0.29) is 16.7 Å². The fourth-order valence-corrected chi connectivity index (χ4v) is 6.84. The zero-order valence-electron chi connectivity index (χ0n) is 24.2. The zero-order chi connectivity index (χ0) is 31.4. The van der Waals surface area contributed by atoms with Crippen molar-refractivity contribution >= 4 is 43.6 Å². The Kier molecular flexibility index (Phi) is 5.91. The molecule has 0 amide bonds. The Morgan fingerprint density at radius 2 is 0.804 bits per heavy atom. The highest BCUT2D eigenvalue weighted by molar-refractivity contribution is 6.11. The lowest BCUT2D eigenvalue weighted by molar-refractivity contribution is 1.14. The number of rotatable bonds is 3. The molecule has 210 valence electrons. The van der Waals surface area contributed by atoms with Crippen molar-refractivity contribution in [2.75, 3.05) is 0 Å². The van der Waals surface area contributed by atoms with Crippen LogP contribution < -0.4 is 0 Å². The maximum absolute atomic E-state index is 11.0. The zero-order valence-corrected chi connectivity index (χ0v) is 24.2. The predicted molar refractivity (Wildman–Crippen MR) is 179 cm³/mol. The molecule has 8 aromatic rings. The maximum Gasteiger partial charge on any atom is 0.103 e. The van der Waals surface area contributed by atoms with Gasteiger partial charge < -0.3 is 9.13 Å². The van der Waals surface area contributed by atoms with Crippen LogP contribution in [0.3, 0.4) is 0 Å². The number of hydrogen-bond acceptors (Lipinski definition) is 4. The van der Waals surface area contributed by atoms with Gasteiger partial charge in [0.1, 0.15) is 24.3 Å². The molecule has 0 spiro atoms. The van der Waals surface area contributed by atoms with Gasteiger partial charge in [0.25, 0.3) is 0 Å². The number of fused-ring (bicyclic) bond motifs is 6. The average Bonchev–Trinajstić information content (AvgIpc) is 3.63. The van der Waals surface area contributed by atoms with E-state index in [4.69, 9.17) is 0 Å². The molecule has 0 saturated carbocycles. The summed E-state index contributed by atoms with van der Waals surface area (Å²) in [4.78, 5) is 0. The minimum Gasteiger partial charge on any atom is -0.307 e. The molecule has 2 heterocycles. The number of nitrogens with zero attached hydrogens (tertiary/aromatic N) is 6. The smallest absolute Gasteiger partial charge is 0.103 e. The molecule has 6 nitrogen and oxygen atoms in total. The molecule has 46 heavy (non-hydrogen) atoms. The molecule has 0 N–H and O–H groups in total. The minimum absolute atomic E-state index is 0.115. The summed E-state index contributed by atoms with van der Waals surface area (Å²) >= 11 is 0. The molecule has 2 aromatic heterocycles. The van der Waals surface area contributed by atoms with Crippen LogP contribution in [-0.2, 0) is 0 Å². The summed E-state index contributed by atoms with van der Waals surface area (Å²) in [5.74, 6) is 0. The molecular weight excluding hydrogens is 564 g/mol. The third kappa shape index (κ3) is 3.60. The first kappa shape index (κ1) is 26.5. The second kappa shape index (κ2) is 10.3. The van der Waals surface area contributed by atoms with Gasteiger partial charge in [0.2, 0.25) is 0 Å². The summed E-state index contributed by atoms with van der Waals surface area (Å²) in [7, 11) is 0. The van der Waals surface area contributed by atoms with Gasteiger partial charge in [-0.2, -0.15) is 21.0 Å². The summed E-state index contributed by atoms with van der Waals surface area (Å²) in [5, 5.41) is 46.3. The Morgan fingerprint density at radius 1 is 0.370 bits per heavy atom. The van der Waals surface area contributed by atoms with Gasteiger partial charge in [-0.1, -0.05) is 84.9 Å². The second-order valence-corrected chi connectivity index (χ2v) is 11.0. The molecule has 0 atom stereocenters. The van der Waals surface area contributed by atoms with E-state index >= 15 is 0 Å². The van der Waals surface area contributed by atoms with Crippen molar-refractivity contribution < 1.29 is 0 Å². The van der Waals surface area contributed by atoms with Crippen LogP contribution in [0.15, 0.2) is 121 Å². The lowest BCUT2D eigenvalue weighted by atomic mass is 9.90. The highest BCUT2D eigenvalue weighted by Gasteiger charge is 2.27. The van der Waals surface area contributed by atoms with Crippen molar-refractivity contribution in [3.8, 4) is 46.8 Å². The second-order valence-electron chi connectivity index (χ2n) is 11.0. The fourth-order valence-electron chi connectivity index (χ4n) is 6.84. The minimum atomic E-state index is 0.115. The van der Waals surface area contributed by atoms with Crippen LogP contribution >= 0.6 is 0 Å². The van der Waals surface area contributed by atoms with Crippen LogP contribution in [0, 0.1) is 45.3 Å². The molecule has 8 rings (SSSR count). The van der Waals surface area contributed by atoms with Crippen molar-refractivity contribution in [3.05, 3.63) is 144 Å². The summed E-state index contributed by atoms with van der Waals surface area (Å²) in [6, 6.07) is 48.0. The number of hydrogen-bond donors (Lipinski definition) is 0. The van der Waals surface area contributed by atoms with Crippen LogP contribution in [0.4, 0.5) is 0 Å². The predicted octanol–water partition coefficient (Wildman–Crippen LogP) is 9.03. The fraction of sp³-hybridized carbons (Fsp3) is 0. The molecular formula is C40H20N6. The summed E-state index contributed by atoms with van der Waals surface area (Å²) < 4.78 is 3.98. The van der Waals surface area contributed by atoms with Crippen molar-refractivity contribution in [2.45, 2.75) is 0 Å². The molecule has 0 unspecified atom stereocenters. The number of benzene rings is 6. The molecule has 0 aliphatic rings. The molecule has 0 saturated heterocycles. The first-order valence-corrected chi connectivity index (χ1v) is 14.6. The Bertz CT molecular complexity index is 2640. The topological polar surface area (TPSA) is 105 Å². The highest BCUT2D eigenvalue weighted by Crippen LogP contribution is 2.42. The highest BCUT2D eigenvalue weighted by atomic mass is 15.0. The molecule has 0 aliphatic carbocycles. The van der Waals surface area contributed by atoms with Gasteiger partial charge in [0, 0.05) is 32.7 Å². The molecule has 0 radical (unpaired) electrons. The van der Waals surface area contributed by atoms with Gasteiger partial charge in [-0.05, 0) is 36.4 Å². The largest absolute Gasteiger partial charge is 0.307 e. The molecule has 0 fully saturated rings.